The Hall–Kier alpha value is -1.45. The van der Waals surface area contributed by atoms with Crippen molar-refractivity contribution in [3.05, 3.63) is 17.2 Å². The Bertz CT molecular complexity index is 546. The molecule has 0 saturated heterocycles. The lowest BCUT2D eigenvalue weighted by molar-refractivity contribution is 0.571. The van der Waals surface area contributed by atoms with Crippen LogP contribution >= 0.6 is 0 Å². The molecule has 2 heterocycles. The summed E-state index contributed by atoms with van der Waals surface area (Å²) >= 11 is 0. The third kappa shape index (κ3) is 1.58. The van der Waals surface area contributed by atoms with E-state index in [4.69, 9.17) is 0 Å². The van der Waals surface area contributed by atoms with Crippen LogP contribution < -0.4 is 0 Å². The monoisotopic (exact) mass is 218 g/mol. The maximum Gasteiger partial charge on any atom is 0.161 e. The highest BCUT2D eigenvalue weighted by Crippen LogP contribution is 2.29. The molecule has 0 aliphatic carbocycles. The molecule has 86 valence electrons. The van der Waals surface area contributed by atoms with Gasteiger partial charge in [-0.2, -0.15) is 5.10 Å². The third-order valence-electron chi connectivity index (χ3n) is 2.68. The Labute approximate surface area is 95.7 Å². The van der Waals surface area contributed by atoms with Crippen LogP contribution in [0.2, 0.25) is 0 Å². The fourth-order valence-electron chi connectivity index (χ4n) is 1.99. The van der Waals surface area contributed by atoms with E-state index in [1.165, 1.54) is 0 Å². The van der Waals surface area contributed by atoms with Crippen molar-refractivity contribution in [1.29, 1.82) is 0 Å². The Morgan fingerprint density at radius 1 is 1.06 bits per heavy atom. The summed E-state index contributed by atoms with van der Waals surface area (Å²) in [4.78, 5) is 9.04. The van der Waals surface area contributed by atoms with Crippen molar-refractivity contribution in [2.45, 2.75) is 40.0 Å². The molecule has 2 rings (SSSR count). The second-order valence-corrected chi connectivity index (χ2v) is 5.28. The van der Waals surface area contributed by atoms with Gasteiger partial charge < -0.3 is 0 Å². The lowest BCUT2D eigenvalue weighted by atomic mass is 9.89. The maximum absolute atomic E-state index is 4.58. The zero-order chi connectivity index (χ0) is 12.1. The summed E-state index contributed by atoms with van der Waals surface area (Å²) < 4.78 is 1.83. The molecule has 0 bridgehead atoms. The Balaban J connectivity index is 2.92. The first-order chi connectivity index (χ1) is 7.30. The molecular formula is C12H18N4. The first-order valence-electron chi connectivity index (χ1n) is 5.49. The topological polar surface area (TPSA) is 43.6 Å². The van der Waals surface area contributed by atoms with Gasteiger partial charge in [0.05, 0.1) is 16.8 Å². The van der Waals surface area contributed by atoms with Gasteiger partial charge in [-0.25, -0.2) is 9.97 Å². The highest BCUT2D eigenvalue weighted by Gasteiger charge is 2.23. The Morgan fingerprint density at radius 3 is 2.25 bits per heavy atom. The summed E-state index contributed by atoms with van der Waals surface area (Å²) in [6.07, 6.45) is 0. The summed E-state index contributed by atoms with van der Waals surface area (Å²) in [5.41, 5.74) is 3.03. The van der Waals surface area contributed by atoms with Gasteiger partial charge in [0.25, 0.3) is 0 Å². The van der Waals surface area contributed by atoms with Crippen molar-refractivity contribution in [2.75, 3.05) is 0 Å². The Morgan fingerprint density at radius 2 is 1.69 bits per heavy atom. The van der Waals surface area contributed by atoms with E-state index in [9.17, 15) is 0 Å². The van der Waals surface area contributed by atoms with Crippen LogP contribution in [0, 0.1) is 13.8 Å². The maximum atomic E-state index is 4.58. The summed E-state index contributed by atoms with van der Waals surface area (Å²) in [6, 6.07) is 0. The van der Waals surface area contributed by atoms with Crippen molar-refractivity contribution < 1.29 is 0 Å². The van der Waals surface area contributed by atoms with Crippen molar-refractivity contribution in [1.82, 2.24) is 19.7 Å². The summed E-state index contributed by atoms with van der Waals surface area (Å²) in [5, 5.41) is 5.52. The average Bonchev–Trinajstić information content (AvgIpc) is 2.40. The number of aryl methyl sites for hydroxylation is 3. The fraction of sp³-hybridized carbons (Fsp3) is 0.583. The van der Waals surface area contributed by atoms with Crippen LogP contribution in [0.1, 0.15) is 38.0 Å². The first-order valence-corrected chi connectivity index (χ1v) is 5.49. The fourth-order valence-corrected chi connectivity index (χ4v) is 1.99. The number of hydrogen-bond acceptors (Lipinski definition) is 3. The van der Waals surface area contributed by atoms with Crippen LogP contribution in [0.15, 0.2) is 0 Å². The van der Waals surface area contributed by atoms with Crippen LogP contribution in [-0.4, -0.2) is 19.7 Å². The van der Waals surface area contributed by atoms with E-state index in [1.54, 1.807) is 0 Å². The third-order valence-corrected chi connectivity index (χ3v) is 2.68. The largest absolute Gasteiger partial charge is 0.250 e. The zero-order valence-corrected chi connectivity index (χ0v) is 10.8. The van der Waals surface area contributed by atoms with Crippen LogP contribution in [0.3, 0.4) is 0 Å². The summed E-state index contributed by atoms with van der Waals surface area (Å²) in [5.74, 6) is 0.806. The van der Waals surface area contributed by atoms with Crippen LogP contribution in [0.5, 0.6) is 0 Å². The van der Waals surface area contributed by atoms with Gasteiger partial charge in [-0.05, 0) is 13.8 Å². The van der Waals surface area contributed by atoms with Crippen molar-refractivity contribution >= 4 is 11.0 Å². The molecule has 0 N–H and O–H groups in total. The molecule has 0 spiro atoms. The molecular weight excluding hydrogens is 200 g/mol. The molecule has 4 heteroatoms. The molecule has 0 atom stereocenters. The van der Waals surface area contributed by atoms with Gasteiger partial charge in [-0.1, -0.05) is 20.8 Å². The smallest absolute Gasteiger partial charge is 0.161 e. The molecule has 0 aliphatic rings. The standard InChI is InChI=1S/C12H18N4/c1-7-9-10(12(3,4)5)13-8(2)14-11(9)16(6)15-7/h1-6H3. The molecule has 4 nitrogen and oxygen atoms in total. The van der Waals surface area contributed by atoms with Gasteiger partial charge in [-0.15, -0.1) is 0 Å². The molecule has 2 aromatic heterocycles. The molecule has 0 unspecified atom stereocenters. The van der Waals surface area contributed by atoms with E-state index in [0.29, 0.717) is 0 Å². The quantitative estimate of drug-likeness (QED) is 0.681. The number of aromatic nitrogens is 4. The van der Waals surface area contributed by atoms with Crippen LogP contribution in [-0.2, 0) is 12.5 Å². The molecule has 0 amide bonds. The average molecular weight is 218 g/mol. The minimum atomic E-state index is 0.0136. The molecule has 2 aromatic rings. The highest BCUT2D eigenvalue weighted by atomic mass is 15.3. The zero-order valence-electron chi connectivity index (χ0n) is 10.8. The van der Waals surface area contributed by atoms with Crippen LogP contribution in [0.4, 0.5) is 0 Å². The number of rotatable bonds is 0. The van der Waals surface area contributed by atoms with E-state index in [2.05, 4.69) is 35.8 Å². The van der Waals surface area contributed by atoms with Gasteiger partial charge in [-0.3, -0.25) is 4.68 Å². The van der Waals surface area contributed by atoms with E-state index in [1.807, 2.05) is 25.6 Å². The van der Waals surface area contributed by atoms with Crippen molar-refractivity contribution in [3.63, 3.8) is 0 Å². The Kier molecular flexibility index (Phi) is 2.26. The second kappa shape index (κ2) is 3.27. The van der Waals surface area contributed by atoms with E-state index < -0.39 is 0 Å². The highest BCUT2D eigenvalue weighted by molar-refractivity contribution is 5.81. The lowest BCUT2D eigenvalue weighted by Crippen LogP contribution is -2.15. The second-order valence-electron chi connectivity index (χ2n) is 5.28. The number of fused-ring (bicyclic) bond motifs is 1. The number of hydrogen-bond donors (Lipinski definition) is 0. The van der Waals surface area contributed by atoms with Crippen molar-refractivity contribution in [3.8, 4) is 0 Å². The molecule has 0 fully saturated rings. The van der Waals surface area contributed by atoms with E-state index in [-0.39, 0.29) is 5.41 Å². The molecule has 16 heavy (non-hydrogen) atoms. The summed E-state index contributed by atoms with van der Waals surface area (Å²) in [6.45, 7) is 10.4. The summed E-state index contributed by atoms with van der Waals surface area (Å²) in [7, 11) is 1.92. The molecule has 0 radical (unpaired) electrons. The molecule has 0 aliphatic heterocycles. The van der Waals surface area contributed by atoms with Crippen LogP contribution in [0.25, 0.3) is 11.0 Å². The normalized spacial score (nSPS) is 12.4. The van der Waals surface area contributed by atoms with Gasteiger partial charge in [0.2, 0.25) is 0 Å². The van der Waals surface area contributed by atoms with Gasteiger partial charge in [0.1, 0.15) is 5.82 Å². The van der Waals surface area contributed by atoms with Gasteiger partial charge >= 0.3 is 0 Å². The molecule has 0 aromatic carbocycles. The minimum Gasteiger partial charge on any atom is -0.250 e. The minimum absolute atomic E-state index is 0.0136. The predicted molar refractivity (Wildman–Crippen MR) is 64.5 cm³/mol. The van der Waals surface area contributed by atoms with Gasteiger partial charge in [0, 0.05) is 12.5 Å². The van der Waals surface area contributed by atoms with Gasteiger partial charge in [0.15, 0.2) is 5.65 Å². The predicted octanol–water partition coefficient (Wildman–Crippen LogP) is 2.28. The SMILES string of the molecule is Cc1nc(C(C)(C)C)c2c(C)nn(C)c2n1. The molecule has 0 saturated carbocycles. The van der Waals surface area contributed by atoms with E-state index >= 15 is 0 Å². The lowest BCUT2D eigenvalue weighted by Gasteiger charge is -2.19. The van der Waals surface area contributed by atoms with E-state index in [0.717, 1.165) is 28.2 Å². The van der Waals surface area contributed by atoms with Crippen molar-refractivity contribution in [2.24, 2.45) is 7.05 Å². The first kappa shape index (κ1) is 11.0. The number of nitrogens with zero attached hydrogens (tertiary/aromatic N) is 4.